The average Bonchev–Trinajstić information content (AvgIpc) is 2.54. The Morgan fingerprint density at radius 2 is 1.86 bits per heavy atom. The summed E-state index contributed by atoms with van der Waals surface area (Å²) in [6, 6.07) is -0.254. The molecule has 1 atom stereocenters. The number of azo groups is 1. The van der Waals surface area contributed by atoms with E-state index in [1.807, 2.05) is 0 Å². The molecule has 1 aromatic heterocycles. The van der Waals surface area contributed by atoms with Crippen molar-refractivity contribution in [3.63, 3.8) is 0 Å². The molecule has 0 N–H and O–H groups in total. The SMILES string of the molecule is CC1N=Nc2c1c(=O)n(C)c(=O)n2C. The highest BCUT2D eigenvalue weighted by atomic mass is 16.2. The van der Waals surface area contributed by atoms with Crippen molar-refractivity contribution >= 4 is 5.82 Å². The van der Waals surface area contributed by atoms with Gasteiger partial charge in [0.05, 0.1) is 5.56 Å². The highest BCUT2D eigenvalue weighted by molar-refractivity contribution is 5.41. The lowest BCUT2D eigenvalue weighted by Gasteiger charge is -2.06. The summed E-state index contributed by atoms with van der Waals surface area (Å²) in [6.45, 7) is 1.78. The predicted octanol–water partition coefficient (Wildman–Crippen LogP) is 0.242. The summed E-state index contributed by atoms with van der Waals surface area (Å²) >= 11 is 0. The Morgan fingerprint density at radius 3 is 2.50 bits per heavy atom. The summed E-state index contributed by atoms with van der Waals surface area (Å²) in [5.74, 6) is 0.380. The fourth-order valence-electron chi connectivity index (χ4n) is 1.54. The van der Waals surface area contributed by atoms with Crippen molar-refractivity contribution in [1.29, 1.82) is 0 Å². The Balaban J connectivity index is 2.97. The van der Waals surface area contributed by atoms with Gasteiger partial charge in [-0.15, -0.1) is 5.11 Å². The van der Waals surface area contributed by atoms with E-state index in [0.717, 1.165) is 4.57 Å². The molecule has 1 unspecified atom stereocenters. The van der Waals surface area contributed by atoms with Crippen LogP contribution in [0.3, 0.4) is 0 Å². The van der Waals surface area contributed by atoms with E-state index in [1.165, 1.54) is 11.6 Å². The minimum Gasteiger partial charge on any atom is -0.279 e. The van der Waals surface area contributed by atoms with Gasteiger partial charge in [0.2, 0.25) is 0 Å². The van der Waals surface area contributed by atoms with Crippen LogP contribution in [-0.4, -0.2) is 9.13 Å². The molecule has 6 nitrogen and oxygen atoms in total. The van der Waals surface area contributed by atoms with E-state index in [-0.39, 0.29) is 17.3 Å². The molecule has 0 aromatic carbocycles. The van der Waals surface area contributed by atoms with E-state index >= 15 is 0 Å². The molecule has 2 rings (SSSR count). The van der Waals surface area contributed by atoms with Crippen molar-refractivity contribution in [2.45, 2.75) is 13.0 Å². The van der Waals surface area contributed by atoms with Crippen LogP contribution in [0.25, 0.3) is 0 Å². The van der Waals surface area contributed by atoms with Gasteiger partial charge in [-0.1, -0.05) is 0 Å². The molecular weight excluding hydrogens is 184 g/mol. The van der Waals surface area contributed by atoms with Gasteiger partial charge in [-0.25, -0.2) is 4.79 Å². The Hall–Kier alpha value is -1.72. The topological polar surface area (TPSA) is 68.7 Å². The lowest BCUT2D eigenvalue weighted by molar-refractivity contribution is 0.671. The predicted molar refractivity (Wildman–Crippen MR) is 49.9 cm³/mol. The number of rotatable bonds is 0. The quantitative estimate of drug-likeness (QED) is 0.593. The van der Waals surface area contributed by atoms with Gasteiger partial charge in [-0.05, 0) is 6.92 Å². The van der Waals surface area contributed by atoms with Gasteiger partial charge in [-0.2, -0.15) is 5.11 Å². The average molecular weight is 194 g/mol. The first kappa shape index (κ1) is 8.86. The monoisotopic (exact) mass is 194 g/mol. The van der Waals surface area contributed by atoms with E-state index in [9.17, 15) is 9.59 Å². The van der Waals surface area contributed by atoms with Gasteiger partial charge >= 0.3 is 5.69 Å². The molecule has 0 radical (unpaired) electrons. The molecule has 1 aliphatic rings. The summed E-state index contributed by atoms with van der Waals surface area (Å²) in [6.07, 6.45) is 0. The Morgan fingerprint density at radius 1 is 1.21 bits per heavy atom. The normalized spacial score (nSPS) is 18.6. The van der Waals surface area contributed by atoms with Crippen LogP contribution in [0.15, 0.2) is 19.8 Å². The molecule has 1 aromatic rings. The molecule has 2 heterocycles. The minimum atomic E-state index is -0.373. The number of nitrogens with zero attached hydrogens (tertiary/aromatic N) is 4. The van der Waals surface area contributed by atoms with Crippen molar-refractivity contribution in [2.24, 2.45) is 24.3 Å². The van der Waals surface area contributed by atoms with E-state index in [0.29, 0.717) is 11.4 Å². The maximum Gasteiger partial charge on any atom is 0.332 e. The van der Waals surface area contributed by atoms with Crippen molar-refractivity contribution in [3.8, 4) is 0 Å². The summed E-state index contributed by atoms with van der Waals surface area (Å²) < 4.78 is 2.41. The number of hydrogen-bond acceptors (Lipinski definition) is 4. The molecule has 0 saturated carbocycles. The van der Waals surface area contributed by atoms with E-state index in [4.69, 9.17) is 0 Å². The first-order chi connectivity index (χ1) is 6.54. The van der Waals surface area contributed by atoms with Crippen molar-refractivity contribution in [1.82, 2.24) is 9.13 Å². The molecule has 14 heavy (non-hydrogen) atoms. The minimum absolute atomic E-state index is 0.254. The van der Waals surface area contributed by atoms with Gasteiger partial charge in [-0.3, -0.25) is 13.9 Å². The van der Waals surface area contributed by atoms with Gasteiger partial charge < -0.3 is 0 Å². The van der Waals surface area contributed by atoms with Gasteiger partial charge in [0.25, 0.3) is 5.56 Å². The first-order valence-corrected chi connectivity index (χ1v) is 4.24. The summed E-state index contributed by atoms with van der Waals surface area (Å²) in [5.41, 5.74) is -0.183. The van der Waals surface area contributed by atoms with E-state index < -0.39 is 0 Å². The summed E-state index contributed by atoms with van der Waals surface area (Å²) in [7, 11) is 3.04. The zero-order chi connectivity index (χ0) is 10.5. The maximum absolute atomic E-state index is 11.7. The van der Waals surface area contributed by atoms with Crippen molar-refractivity contribution in [2.75, 3.05) is 0 Å². The standard InChI is InChI=1S/C8H10N4O2/c1-4-5-6(10-9-4)11(2)8(14)12(3)7(5)13/h4H,1-3H3. The van der Waals surface area contributed by atoms with Gasteiger partial charge in [0.15, 0.2) is 5.82 Å². The lowest BCUT2D eigenvalue weighted by atomic mass is 10.2. The third-order valence-corrected chi connectivity index (χ3v) is 2.41. The summed E-state index contributed by atoms with van der Waals surface area (Å²) in [5, 5.41) is 7.68. The molecule has 1 aliphatic heterocycles. The Kier molecular flexibility index (Phi) is 1.67. The fraction of sp³-hybridized carbons (Fsp3) is 0.500. The zero-order valence-corrected chi connectivity index (χ0v) is 8.18. The van der Waals surface area contributed by atoms with Crippen LogP contribution in [-0.2, 0) is 14.1 Å². The second kappa shape index (κ2) is 2.63. The Bertz CT molecular complexity index is 537. The molecule has 0 saturated heterocycles. The smallest absolute Gasteiger partial charge is 0.279 e. The molecule has 0 spiro atoms. The van der Waals surface area contributed by atoms with Crippen molar-refractivity contribution in [3.05, 3.63) is 26.4 Å². The molecular formula is C8H10N4O2. The largest absolute Gasteiger partial charge is 0.332 e. The number of fused-ring (bicyclic) bond motifs is 1. The van der Waals surface area contributed by atoms with Crippen LogP contribution in [0.2, 0.25) is 0 Å². The molecule has 0 bridgehead atoms. The number of hydrogen-bond donors (Lipinski definition) is 0. The molecule has 6 heteroatoms. The second-order valence-corrected chi connectivity index (χ2v) is 3.33. The third-order valence-electron chi connectivity index (χ3n) is 2.41. The highest BCUT2D eigenvalue weighted by Crippen LogP contribution is 2.30. The second-order valence-electron chi connectivity index (χ2n) is 3.33. The van der Waals surface area contributed by atoms with E-state index in [1.54, 1.807) is 14.0 Å². The molecule has 0 amide bonds. The Labute approximate surface area is 79.5 Å². The van der Waals surface area contributed by atoms with Crippen LogP contribution in [0.1, 0.15) is 18.5 Å². The molecule has 0 aliphatic carbocycles. The van der Waals surface area contributed by atoms with Crippen LogP contribution >= 0.6 is 0 Å². The lowest BCUT2D eigenvalue weighted by Crippen LogP contribution is -2.38. The van der Waals surface area contributed by atoms with Gasteiger partial charge in [0, 0.05) is 14.1 Å². The molecule has 0 fully saturated rings. The first-order valence-electron chi connectivity index (χ1n) is 4.24. The van der Waals surface area contributed by atoms with Crippen LogP contribution in [0.4, 0.5) is 5.82 Å². The highest BCUT2D eigenvalue weighted by Gasteiger charge is 2.24. The van der Waals surface area contributed by atoms with Crippen LogP contribution in [0.5, 0.6) is 0 Å². The van der Waals surface area contributed by atoms with Crippen molar-refractivity contribution < 1.29 is 0 Å². The summed E-state index contributed by atoms with van der Waals surface area (Å²) in [4.78, 5) is 23.2. The van der Waals surface area contributed by atoms with Gasteiger partial charge in [0.1, 0.15) is 6.04 Å². The van der Waals surface area contributed by atoms with Crippen LogP contribution < -0.4 is 11.2 Å². The van der Waals surface area contributed by atoms with E-state index in [2.05, 4.69) is 10.2 Å². The number of aromatic nitrogens is 2. The van der Waals surface area contributed by atoms with Crippen LogP contribution in [0, 0.1) is 0 Å². The molecule has 74 valence electrons. The zero-order valence-electron chi connectivity index (χ0n) is 8.18. The maximum atomic E-state index is 11.7. The third kappa shape index (κ3) is 0.905. The fourth-order valence-corrected chi connectivity index (χ4v) is 1.54.